The van der Waals surface area contributed by atoms with Crippen LogP contribution < -0.4 is 0 Å². The maximum absolute atomic E-state index is 11.0. The minimum absolute atomic E-state index is 0.110. The fraction of sp³-hybridized carbons (Fsp3) is 0.615. The van der Waals surface area contributed by atoms with Gasteiger partial charge >= 0.3 is 11.9 Å². The molecule has 0 heterocycles. The molecular formula is C26H54O8. The van der Waals surface area contributed by atoms with E-state index in [1.807, 2.05) is 34.6 Å². The fourth-order valence-electron chi connectivity index (χ4n) is 0.840. The molecule has 0 fully saturated rings. The Kier molecular flexibility index (Phi) is 101. The lowest BCUT2D eigenvalue weighted by molar-refractivity contribution is -0.150. The second kappa shape index (κ2) is 69.8. The molecule has 8 nitrogen and oxygen atoms in total. The van der Waals surface area contributed by atoms with Crippen LogP contribution >= 0.6 is 0 Å². The zero-order valence-corrected chi connectivity index (χ0v) is 22.6. The van der Waals surface area contributed by atoms with Gasteiger partial charge in [-0.05, 0) is 41.0 Å². The van der Waals surface area contributed by atoms with Gasteiger partial charge in [0.1, 0.15) is 0 Å². The number of aliphatic hydroxyl groups is 4. The highest BCUT2D eigenvalue weighted by atomic mass is 16.5. The SMILES string of the molecule is C=CC.C=CC.C=CC.C=CC.CCCCOC(=O)CCC(=O)OCC.OCCO.OCCO. The van der Waals surface area contributed by atoms with Crippen LogP contribution in [-0.2, 0) is 19.1 Å². The molecule has 0 aromatic carbocycles. The quantitative estimate of drug-likeness (QED) is 0.211. The highest BCUT2D eigenvalue weighted by molar-refractivity contribution is 5.77. The zero-order chi connectivity index (χ0) is 28.5. The molecule has 0 saturated heterocycles. The summed E-state index contributed by atoms with van der Waals surface area (Å²) in [5.41, 5.74) is 0. The Morgan fingerprint density at radius 3 is 1.12 bits per heavy atom. The number of allylic oxidation sites excluding steroid dienone is 4. The number of aliphatic hydroxyl groups excluding tert-OH is 4. The van der Waals surface area contributed by atoms with Crippen LogP contribution in [0, 0.1) is 0 Å². The van der Waals surface area contributed by atoms with E-state index in [1.165, 1.54) is 0 Å². The third kappa shape index (κ3) is 151. The van der Waals surface area contributed by atoms with Gasteiger partial charge in [-0.25, -0.2) is 0 Å². The Hall–Kier alpha value is -2.26. The van der Waals surface area contributed by atoms with Gasteiger partial charge in [-0.1, -0.05) is 37.6 Å². The van der Waals surface area contributed by atoms with Gasteiger partial charge in [0.15, 0.2) is 0 Å². The molecule has 0 unspecified atom stereocenters. The minimum atomic E-state index is -0.347. The largest absolute Gasteiger partial charge is 0.466 e. The van der Waals surface area contributed by atoms with Crippen molar-refractivity contribution in [3.8, 4) is 0 Å². The molecule has 0 radical (unpaired) electrons. The van der Waals surface area contributed by atoms with Crippen LogP contribution in [0.2, 0.25) is 0 Å². The van der Waals surface area contributed by atoms with Crippen molar-refractivity contribution in [2.45, 2.75) is 67.2 Å². The Bertz CT molecular complexity index is 351. The molecule has 0 aromatic heterocycles. The standard InChI is InChI=1S/C10H18O4.4C3H6.2C2H6O2/c1-3-5-8-14-10(12)7-6-9(11)13-4-2;4*1-3-2;2*3-1-2-4/h3-8H2,1-2H3;4*3H,1H2,2H3;2*3-4H,1-2H2. The second-order valence-corrected chi connectivity index (χ2v) is 5.41. The number of hydrogen-bond acceptors (Lipinski definition) is 8. The van der Waals surface area contributed by atoms with Gasteiger partial charge in [0.05, 0.1) is 52.5 Å². The number of carbonyl (C=O) groups is 2. The van der Waals surface area contributed by atoms with Gasteiger partial charge in [-0.2, -0.15) is 0 Å². The molecular weight excluding hydrogens is 440 g/mol. The van der Waals surface area contributed by atoms with E-state index in [9.17, 15) is 9.59 Å². The highest BCUT2D eigenvalue weighted by Crippen LogP contribution is 1.97. The van der Waals surface area contributed by atoms with Crippen molar-refractivity contribution in [2.24, 2.45) is 0 Å². The normalized spacial score (nSPS) is 7.24. The van der Waals surface area contributed by atoms with E-state index in [-0.39, 0.29) is 51.2 Å². The van der Waals surface area contributed by atoms with Gasteiger partial charge in [0.2, 0.25) is 0 Å². The van der Waals surface area contributed by atoms with E-state index in [4.69, 9.17) is 25.2 Å². The molecule has 0 aliphatic rings. The Morgan fingerprint density at radius 2 is 0.912 bits per heavy atom. The summed E-state index contributed by atoms with van der Waals surface area (Å²) < 4.78 is 9.54. The summed E-state index contributed by atoms with van der Waals surface area (Å²) in [6, 6.07) is 0. The molecule has 0 aliphatic carbocycles. The number of rotatable bonds is 9. The summed E-state index contributed by atoms with van der Waals surface area (Å²) in [4.78, 5) is 21.8. The Labute approximate surface area is 209 Å². The molecule has 4 N–H and O–H groups in total. The highest BCUT2D eigenvalue weighted by Gasteiger charge is 2.07. The lowest BCUT2D eigenvalue weighted by Gasteiger charge is -2.03. The fourth-order valence-corrected chi connectivity index (χ4v) is 0.840. The first-order chi connectivity index (χ1) is 16.2. The van der Waals surface area contributed by atoms with Crippen LogP contribution in [0.3, 0.4) is 0 Å². The average Bonchev–Trinajstić information content (AvgIpc) is 2.80. The van der Waals surface area contributed by atoms with Gasteiger partial charge in [-0.15, -0.1) is 26.3 Å². The first-order valence-electron chi connectivity index (χ1n) is 11.2. The van der Waals surface area contributed by atoms with Gasteiger partial charge < -0.3 is 29.9 Å². The predicted octanol–water partition coefficient (Wildman–Crippen LogP) is 4.38. The van der Waals surface area contributed by atoms with Crippen LogP contribution in [0.25, 0.3) is 0 Å². The lowest BCUT2D eigenvalue weighted by Crippen LogP contribution is -2.10. The van der Waals surface area contributed by atoms with E-state index < -0.39 is 0 Å². The van der Waals surface area contributed by atoms with Gasteiger partial charge in [0, 0.05) is 0 Å². The lowest BCUT2D eigenvalue weighted by atomic mass is 10.3. The molecule has 0 atom stereocenters. The summed E-state index contributed by atoms with van der Waals surface area (Å²) in [7, 11) is 0. The smallest absolute Gasteiger partial charge is 0.306 e. The van der Waals surface area contributed by atoms with E-state index in [0.29, 0.717) is 13.2 Å². The summed E-state index contributed by atoms with van der Waals surface area (Å²) >= 11 is 0. The molecule has 0 aromatic rings. The molecule has 0 aliphatic heterocycles. The first-order valence-corrected chi connectivity index (χ1v) is 11.2. The van der Waals surface area contributed by atoms with Crippen molar-refractivity contribution in [3.05, 3.63) is 50.6 Å². The molecule has 8 heteroatoms. The third-order valence-electron chi connectivity index (χ3n) is 1.80. The molecule has 0 bridgehead atoms. The molecule has 206 valence electrons. The van der Waals surface area contributed by atoms with E-state index in [2.05, 4.69) is 31.1 Å². The maximum Gasteiger partial charge on any atom is 0.306 e. The summed E-state index contributed by atoms with van der Waals surface area (Å²) in [6.07, 6.45) is 9.08. The van der Waals surface area contributed by atoms with Crippen LogP contribution in [0.4, 0.5) is 0 Å². The number of hydrogen-bond donors (Lipinski definition) is 4. The molecule has 34 heavy (non-hydrogen) atoms. The van der Waals surface area contributed by atoms with Crippen LogP contribution in [0.1, 0.15) is 67.2 Å². The third-order valence-corrected chi connectivity index (χ3v) is 1.80. The minimum Gasteiger partial charge on any atom is -0.466 e. The summed E-state index contributed by atoms with van der Waals surface area (Å²) in [6.45, 7) is 25.0. The van der Waals surface area contributed by atoms with Crippen LogP contribution in [-0.4, -0.2) is 72.0 Å². The summed E-state index contributed by atoms with van der Waals surface area (Å²) in [5.74, 6) is -0.675. The first kappa shape index (κ1) is 49.0. The maximum atomic E-state index is 11.0. The average molecular weight is 495 g/mol. The van der Waals surface area contributed by atoms with Crippen molar-refractivity contribution in [2.75, 3.05) is 39.6 Å². The number of esters is 2. The summed E-state index contributed by atoms with van der Waals surface area (Å²) in [5, 5.41) is 30.5. The van der Waals surface area contributed by atoms with Crippen molar-refractivity contribution < 1.29 is 39.5 Å². The van der Waals surface area contributed by atoms with Gasteiger partial charge in [-0.3, -0.25) is 9.59 Å². The van der Waals surface area contributed by atoms with Crippen molar-refractivity contribution in [1.82, 2.24) is 0 Å². The van der Waals surface area contributed by atoms with Crippen molar-refractivity contribution in [1.29, 1.82) is 0 Å². The second-order valence-electron chi connectivity index (χ2n) is 5.41. The Morgan fingerprint density at radius 1 is 0.647 bits per heavy atom. The topological polar surface area (TPSA) is 134 Å². The van der Waals surface area contributed by atoms with E-state index >= 15 is 0 Å². The van der Waals surface area contributed by atoms with Crippen molar-refractivity contribution >= 4 is 11.9 Å². The number of ether oxygens (including phenoxy) is 2. The monoisotopic (exact) mass is 494 g/mol. The van der Waals surface area contributed by atoms with Crippen LogP contribution in [0.5, 0.6) is 0 Å². The van der Waals surface area contributed by atoms with E-state index in [1.54, 1.807) is 31.2 Å². The molecule has 0 amide bonds. The van der Waals surface area contributed by atoms with Gasteiger partial charge in [0.25, 0.3) is 0 Å². The zero-order valence-electron chi connectivity index (χ0n) is 22.6. The predicted molar refractivity (Wildman–Crippen MR) is 144 cm³/mol. The molecule has 0 spiro atoms. The number of carbonyl (C=O) groups excluding carboxylic acids is 2. The number of unbranched alkanes of at least 4 members (excludes halogenated alkanes) is 1. The molecule has 0 saturated carbocycles. The molecule has 0 rings (SSSR count). The van der Waals surface area contributed by atoms with Crippen molar-refractivity contribution in [3.63, 3.8) is 0 Å². The van der Waals surface area contributed by atoms with Crippen LogP contribution in [0.15, 0.2) is 50.6 Å². The Balaban J connectivity index is -0.0000000598. The van der Waals surface area contributed by atoms with E-state index in [0.717, 1.165) is 12.8 Å².